The number of amides is 3. The molecule has 2 heterocycles. The molecule has 0 fully saturated rings. The van der Waals surface area contributed by atoms with Crippen molar-refractivity contribution in [3.05, 3.63) is 74.8 Å². The fourth-order valence-electron chi connectivity index (χ4n) is 3.64. The zero-order chi connectivity index (χ0) is 25.4. The summed E-state index contributed by atoms with van der Waals surface area (Å²) in [5.74, 6) is -2.33. The Labute approximate surface area is 201 Å². The number of aromatic nitrogens is 2. The third-order valence-corrected chi connectivity index (χ3v) is 5.65. The largest absolute Gasteiger partial charge is 0.471 e. The molecule has 3 N–H and O–H groups in total. The predicted molar refractivity (Wildman–Crippen MR) is 122 cm³/mol. The molecule has 13 heteroatoms. The first-order chi connectivity index (χ1) is 16.6. The van der Waals surface area contributed by atoms with Crippen LogP contribution in [0.4, 0.5) is 25.0 Å². The Morgan fingerprint density at radius 2 is 1.91 bits per heavy atom. The van der Waals surface area contributed by atoms with Gasteiger partial charge in [-0.2, -0.15) is 4.98 Å². The van der Waals surface area contributed by atoms with E-state index in [-0.39, 0.29) is 46.9 Å². The van der Waals surface area contributed by atoms with Crippen LogP contribution in [0, 0.1) is 18.6 Å². The molecule has 0 saturated heterocycles. The van der Waals surface area contributed by atoms with E-state index in [2.05, 4.69) is 4.98 Å². The summed E-state index contributed by atoms with van der Waals surface area (Å²) in [6.45, 7) is 0.154. The summed E-state index contributed by atoms with van der Waals surface area (Å²) in [5.41, 5.74) is 5.54. The molecule has 10 nitrogen and oxygen atoms in total. The number of carbonyl (C=O) groups excluding carboxylic acids is 2. The molecule has 1 aliphatic rings. The third-order valence-electron chi connectivity index (χ3n) is 5.33. The summed E-state index contributed by atoms with van der Waals surface area (Å²) in [4.78, 5) is 43.5. The van der Waals surface area contributed by atoms with Gasteiger partial charge in [0.05, 0.1) is 17.1 Å². The van der Waals surface area contributed by atoms with Crippen LogP contribution < -0.4 is 25.8 Å². The van der Waals surface area contributed by atoms with Crippen LogP contribution in [-0.2, 0) is 11.4 Å². The molecule has 0 bridgehead atoms. The number of hydrogen-bond acceptors (Lipinski definition) is 6. The molecule has 0 radical (unpaired) electrons. The zero-order valence-electron chi connectivity index (χ0n) is 18.2. The molecule has 0 unspecified atom stereocenters. The summed E-state index contributed by atoms with van der Waals surface area (Å²) < 4.78 is 33.6. The van der Waals surface area contributed by atoms with Crippen LogP contribution in [0.15, 0.2) is 41.2 Å². The molecule has 0 saturated carbocycles. The highest BCUT2D eigenvalue weighted by atomic mass is 35.5. The Morgan fingerprint density at radius 1 is 1.17 bits per heavy atom. The number of fused-ring (bicyclic) bond motifs is 1. The number of aliphatic hydroxyl groups excluding tert-OH is 1. The lowest BCUT2D eigenvalue weighted by molar-refractivity contribution is -0.121. The maximum atomic E-state index is 13.9. The van der Waals surface area contributed by atoms with Crippen molar-refractivity contribution in [2.24, 2.45) is 5.73 Å². The van der Waals surface area contributed by atoms with Gasteiger partial charge in [0.25, 0.3) is 11.5 Å². The van der Waals surface area contributed by atoms with Gasteiger partial charge in [0.15, 0.2) is 5.02 Å². The van der Waals surface area contributed by atoms with Gasteiger partial charge < -0.3 is 15.6 Å². The van der Waals surface area contributed by atoms with Gasteiger partial charge in [-0.3, -0.25) is 24.0 Å². The summed E-state index contributed by atoms with van der Waals surface area (Å²) in [7, 11) is 0. The van der Waals surface area contributed by atoms with E-state index in [0.717, 1.165) is 20.4 Å². The van der Waals surface area contributed by atoms with E-state index in [1.807, 2.05) is 0 Å². The fraction of sp³-hybridized carbons (Fsp3) is 0.182. The number of urea groups is 1. The number of benzene rings is 2. The minimum absolute atomic E-state index is 0.0392. The highest BCUT2D eigenvalue weighted by molar-refractivity contribution is 6.31. The average molecular weight is 506 g/mol. The van der Waals surface area contributed by atoms with E-state index in [1.54, 1.807) is 0 Å². The number of hydrogen-bond donors (Lipinski definition) is 2. The highest BCUT2D eigenvalue weighted by Gasteiger charge is 2.33. The van der Waals surface area contributed by atoms with Gasteiger partial charge in [0, 0.05) is 11.6 Å². The van der Waals surface area contributed by atoms with E-state index in [0.29, 0.717) is 11.8 Å². The van der Waals surface area contributed by atoms with Crippen molar-refractivity contribution in [2.75, 3.05) is 23.1 Å². The molecule has 1 aliphatic heterocycles. The minimum Gasteiger partial charge on any atom is -0.471 e. The summed E-state index contributed by atoms with van der Waals surface area (Å²) in [6, 6.07) is 6.61. The molecule has 0 aliphatic carbocycles. The molecule has 4 rings (SSSR count). The normalized spacial score (nSPS) is 12.6. The van der Waals surface area contributed by atoms with E-state index in [9.17, 15) is 28.3 Å². The number of aryl methyl sites for hydroxylation is 1. The second kappa shape index (κ2) is 9.31. The van der Waals surface area contributed by atoms with Crippen LogP contribution in [0.3, 0.4) is 0 Å². The number of nitrogens with two attached hydrogens (primary N) is 1. The SMILES string of the molecule is Cc1nc(OCc2ccc(F)cc2F)c(Cl)c(=O)n1-c1ccc2c(c1)N(C(=O)CO)CN2C(N)=O. The Bertz CT molecular complexity index is 1410. The maximum absolute atomic E-state index is 13.9. The quantitative estimate of drug-likeness (QED) is 0.547. The van der Waals surface area contributed by atoms with Gasteiger partial charge in [0.1, 0.15) is 37.3 Å². The lowest BCUT2D eigenvalue weighted by Gasteiger charge is -2.17. The Kier molecular flexibility index (Phi) is 6.41. The molecular formula is C22H18ClF2N5O5. The van der Waals surface area contributed by atoms with Crippen LogP contribution in [-0.4, -0.2) is 39.9 Å². The van der Waals surface area contributed by atoms with Crippen molar-refractivity contribution in [1.29, 1.82) is 0 Å². The number of anilines is 2. The molecule has 3 amide bonds. The Balaban J connectivity index is 1.71. The molecular weight excluding hydrogens is 488 g/mol. The second-order valence-electron chi connectivity index (χ2n) is 7.50. The van der Waals surface area contributed by atoms with Crippen molar-refractivity contribution in [3.63, 3.8) is 0 Å². The Hall–Kier alpha value is -4.03. The van der Waals surface area contributed by atoms with Gasteiger partial charge in [-0.05, 0) is 37.3 Å². The van der Waals surface area contributed by atoms with Gasteiger partial charge >= 0.3 is 6.03 Å². The van der Waals surface area contributed by atoms with Gasteiger partial charge in [-0.15, -0.1) is 0 Å². The first-order valence-electron chi connectivity index (χ1n) is 10.1. The highest BCUT2D eigenvalue weighted by Crippen LogP contribution is 2.37. The van der Waals surface area contributed by atoms with Crippen molar-refractivity contribution in [3.8, 4) is 11.6 Å². The number of halogens is 3. The molecule has 3 aromatic rings. The average Bonchev–Trinajstić information content (AvgIpc) is 3.20. The lowest BCUT2D eigenvalue weighted by atomic mass is 10.2. The molecule has 35 heavy (non-hydrogen) atoms. The van der Waals surface area contributed by atoms with E-state index < -0.39 is 35.7 Å². The molecule has 0 atom stereocenters. The maximum Gasteiger partial charge on any atom is 0.320 e. The number of nitrogens with zero attached hydrogens (tertiary/aromatic N) is 4. The summed E-state index contributed by atoms with van der Waals surface area (Å²) in [5, 5.41) is 8.90. The standard InChI is InChI=1S/C22H18ClF2N5O5/c1-11-27-20(35-9-12-2-3-13(24)6-15(12)25)19(23)21(33)30(11)14-4-5-16-17(7-14)28(18(32)8-31)10-29(16)22(26)34/h2-7,31H,8-10H2,1H3,(H2,26,34). The summed E-state index contributed by atoms with van der Waals surface area (Å²) >= 11 is 6.19. The number of primary amides is 1. The molecule has 2 aromatic carbocycles. The van der Waals surface area contributed by atoms with Crippen molar-refractivity contribution < 1.29 is 28.2 Å². The van der Waals surface area contributed by atoms with E-state index >= 15 is 0 Å². The van der Waals surface area contributed by atoms with Gasteiger partial charge in [0.2, 0.25) is 5.88 Å². The minimum atomic E-state index is -0.823. The monoisotopic (exact) mass is 505 g/mol. The first kappa shape index (κ1) is 24.1. The van der Waals surface area contributed by atoms with Crippen molar-refractivity contribution in [2.45, 2.75) is 13.5 Å². The summed E-state index contributed by atoms with van der Waals surface area (Å²) in [6.07, 6.45) is 0. The predicted octanol–water partition coefficient (Wildman–Crippen LogP) is 2.23. The first-order valence-corrected chi connectivity index (χ1v) is 10.5. The van der Waals surface area contributed by atoms with Gasteiger partial charge in [-0.25, -0.2) is 13.6 Å². The lowest BCUT2D eigenvalue weighted by Crippen LogP contribution is -2.42. The number of ether oxygens (including phenoxy) is 1. The zero-order valence-corrected chi connectivity index (χ0v) is 18.9. The van der Waals surface area contributed by atoms with Gasteiger partial charge in [-0.1, -0.05) is 11.6 Å². The van der Waals surface area contributed by atoms with Crippen molar-refractivity contribution >= 4 is 34.9 Å². The fourth-order valence-corrected chi connectivity index (χ4v) is 3.82. The topological polar surface area (TPSA) is 131 Å². The number of carbonyl (C=O) groups is 2. The van der Waals surface area contributed by atoms with Crippen LogP contribution in [0.1, 0.15) is 11.4 Å². The van der Waals surface area contributed by atoms with E-state index in [1.165, 1.54) is 31.2 Å². The molecule has 182 valence electrons. The Morgan fingerprint density at radius 3 is 2.57 bits per heavy atom. The number of rotatable bonds is 5. The van der Waals surface area contributed by atoms with E-state index in [4.69, 9.17) is 22.1 Å². The molecule has 0 spiro atoms. The molecule has 1 aromatic heterocycles. The van der Waals surface area contributed by atoms with Crippen LogP contribution >= 0.6 is 11.6 Å². The van der Waals surface area contributed by atoms with Crippen molar-refractivity contribution in [1.82, 2.24) is 9.55 Å². The third kappa shape index (κ3) is 4.40. The second-order valence-corrected chi connectivity index (χ2v) is 7.88. The van der Waals surface area contributed by atoms with Crippen LogP contribution in [0.2, 0.25) is 5.02 Å². The number of aliphatic hydroxyl groups is 1. The van der Waals surface area contributed by atoms with Crippen LogP contribution in [0.5, 0.6) is 5.88 Å². The van der Waals surface area contributed by atoms with Crippen LogP contribution in [0.25, 0.3) is 5.69 Å². The smallest absolute Gasteiger partial charge is 0.320 e.